The van der Waals surface area contributed by atoms with Gasteiger partial charge in [-0.3, -0.25) is 0 Å². The highest BCUT2D eigenvalue weighted by Gasteiger charge is 2.44. The molecule has 0 aromatic heterocycles. The van der Waals surface area contributed by atoms with E-state index in [1.165, 1.54) is 57.8 Å². The lowest BCUT2D eigenvalue weighted by atomic mass is 9.78. The first-order valence-electron chi connectivity index (χ1n) is 11.1. The van der Waals surface area contributed by atoms with E-state index in [0.29, 0.717) is 16.6 Å². The van der Waals surface area contributed by atoms with Crippen LogP contribution in [-0.2, 0) is 4.43 Å². The van der Waals surface area contributed by atoms with Gasteiger partial charge in [0, 0.05) is 6.61 Å². The summed E-state index contributed by atoms with van der Waals surface area (Å²) >= 11 is 0. The van der Waals surface area contributed by atoms with Crippen molar-refractivity contribution in [1.82, 2.24) is 0 Å². The monoisotopic (exact) mass is 366 g/mol. The van der Waals surface area contributed by atoms with Crippen LogP contribution in [0.4, 0.5) is 0 Å². The van der Waals surface area contributed by atoms with Gasteiger partial charge in [0.25, 0.3) is 0 Å². The molecule has 1 aliphatic rings. The maximum Gasteiger partial charge on any atom is 0.200 e. The van der Waals surface area contributed by atoms with E-state index < -0.39 is 8.32 Å². The van der Waals surface area contributed by atoms with Gasteiger partial charge in [-0.25, -0.2) is 0 Å². The van der Waals surface area contributed by atoms with Gasteiger partial charge in [-0.1, -0.05) is 79.7 Å². The van der Waals surface area contributed by atoms with Gasteiger partial charge in [0.1, 0.15) is 0 Å². The Hall–Kier alpha value is -0.0831. The average molecular weight is 367 g/mol. The fourth-order valence-corrected chi connectivity index (χ4v) is 11.0. The molecular formula is C23H46OSi. The van der Waals surface area contributed by atoms with Crippen LogP contribution in [0.15, 0.2) is 12.7 Å². The highest BCUT2D eigenvalue weighted by molar-refractivity contribution is 6.77. The molecule has 0 unspecified atom stereocenters. The third-order valence-electron chi connectivity index (χ3n) is 6.80. The maximum atomic E-state index is 6.68. The van der Waals surface area contributed by atoms with Crippen molar-refractivity contribution in [2.24, 2.45) is 11.8 Å². The number of rotatable bonds is 12. The van der Waals surface area contributed by atoms with Crippen molar-refractivity contribution in [2.75, 3.05) is 6.61 Å². The molecule has 0 aliphatic heterocycles. The normalized spacial score (nSPS) is 18.3. The summed E-state index contributed by atoms with van der Waals surface area (Å²) in [6, 6.07) is 0. The molecule has 0 aromatic rings. The molecule has 0 aromatic carbocycles. The Bertz CT molecular complexity index is 333. The number of hydrogen-bond acceptors (Lipinski definition) is 1. The summed E-state index contributed by atoms with van der Waals surface area (Å²) in [5.41, 5.74) is 2.09. The molecule has 0 amide bonds. The first-order valence-corrected chi connectivity index (χ1v) is 13.3. The topological polar surface area (TPSA) is 9.23 Å². The van der Waals surface area contributed by atoms with Gasteiger partial charge < -0.3 is 4.43 Å². The SMILES string of the molecule is C=C[C@@H](CCCCCO[Si](C(C)C)(C(C)C)C(C)C)C1CCCCC1. The average Bonchev–Trinajstić information content (AvgIpc) is 2.57. The highest BCUT2D eigenvalue weighted by Crippen LogP contribution is 2.42. The minimum absolute atomic E-state index is 0.698. The molecule has 1 saturated carbocycles. The van der Waals surface area contributed by atoms with E-state index >= 15 is 0 Å². The van der Waals surface area contributed by atoms with Gasteiger partial charge in [0.15, 0.2) is 8.32 Å². The second-order valence-electron chi connectivity index (χ2n) is 9.31. The summed E-state index contributed by atoms with van der Waals surface area (Å²) in [7, 11) is -1.66. The summed E-state index contributed by atoms with van der Waals surface area (Å²) in [6.45, 7) is 19.4. The highest BCUT2D eigenvalue weighted by atomic mass is 28.4. The van der Waals surface area contributed by atoms with Crippen molar-refractivity contribution in [1.29, 1.82) is 0 Å². The summed E-state index contributed by atoms with van der Waals surface area (Å²) in [5, 5.41) is 0. The fourth-order valence-electron chi connectivity index (χ4n) is 5.52. The summed E-state index contributed by atoms with van der Waals surface area (Å²) in [5.74, 6) is 1.68. The molecule has 0 radical (unpaired) electrons. The Morgan fingerprint density at radius 2 is 1.44 bits per heavy atom. The lowest BCUT2D eigenvalue weighted by Crippen LogP contribution is -2.47. The molecule has 1 nitrogen and oxygen atoms in total. The molecule has 0 N–H and O–H groups in total. The van der Waals surface area contributed by atoms with Crippen LogP contribution in [0.5, 0.6) is 0 Å². The van der Waals surface area contributed by atoms with Crippen LogP contribution in [-0.4, -0.2) is 14.9 Å². The first-order chi connectivity index (χ1) is 11.9. The van der Waals surface area contributed by atoms with Crippen molar-refractivity contribution in [2.45, 2.75) is 116 Å². The molecule has 2 heteroatoms. The molecule has 1 rings (SSSR count). The van der Waals surface area contributed by atoms with Gasteiger partial charge in [0.2, 0.25) is 0 Å². The van der Waals surface area contributed by atoms with Crippen LogP contribution in [0.3, 0.4) is 0 Å². The summed E-state index contributed by atoms with van der Waals surface area (Å²) in [6.07, 6.45) is 14.7. The predicted octanol–water partition coefficient (Wildman–Crippen LogP) is 8.12. The molecule has 1 aliphatic carbocycles. The van der Waals surface area contributed by atoms with Crippen molar-refractivity contribution >= 4 is 8.32 Å². The minimum atomic E-state index is -1.66. The molecular weight excluding hydrogens is 320 g/mol. The van der Waals surface area contributed by atoms with E-state index in [-0.39, 0.29) is 0 Å². The number of allylic oxidation sites excluding steroid dienone is 1. The molecule has 0 heterocycles. The predicted molar refractivity (Wildman–Crippen MR) is 116 cm³/mol. The standard InChI is InChI=1S/C23H46OSi/c1-8-22(23-16-11-9-12-17-23)15-13-10-14-18-24-25(19(2)3,20(4)5)21(6)7/h8,19-23H,1,9-18H2,2-7H3/t22-/m0/s1. The van der Waals surface area contributed by atoms with Crippen LogP contribution in [0.2, 0.25) is 16.6 Å². The van der Waals surface area contributed by atoms with Crippen molar-refractivity contribution in [3.05, 3.63) is 12.7 Å². The molecule has 1 fully saturated rings. The smallest absolute Gasteiger partial charge is 0.200 e. The van der Waals surface area contributed by atoms with Crippen LogP contribution in [0.25, 0.3) is 0 Å². The fraction of sp³-hybridized carbons (Fsp3) is 0.913. The molecule has 1 atom stereocenters. The Morgan fingerprint density at radius 3 is 1.92 bits per heavy atom. The quantitative estimate of drug-likeness (QED) is 0.192. The molecule has 0 spiro atoms. The van der Waals surface area contributed by atoms with Crippen LogP contribution >= 0.6 is 0 Å². The molecule has 25 heavy (non-hydrogen) atoms. The zero-order valence-corrected chi connectivity index (χ0v) is 19.2. The van der Waals surface area contributed by atoms with E-state index in [0.717, 1.165) is 18.4 Å². The Labute approximate surface area is 160 Å². The lowest BCUT2D eigenvalue weighted by molar-refractivity contribution is 0.254. The Kier molecular flexibility index (Phi) is 10.6. The molecule has 148 valence electrons. The van der Waals surface area contributed by atoms with E-state index in [4.69, 9.17) is 4.43 Å². The van der Waals surface area contributed by atoms with Gasteiger partial charge in [-0.05, 0) is 54.1 Å². The van der Waals surface area contributed by atoms with Gasteiger partial charge in [-0.2, -0.15) is 0 Å². The second-order valence-corrected chi connectivity index (χ2v) is 14.8. The first kappa shape index (κ1) is 23.0. The number of unbranched alkanes of at least 4 members (excludes halogenated alkanes) is 2. The third kappa shape index (κ3) is 6.54. The zero-order chi connectivity index (χ0) is 18.9. The molecule has 0 bridgehead atoms. The Balaban J connectivity index is 2.33. The lowest BCUT2D eigenvalue weighted by Gasteiger charge is -2.42. The van der Waals surface area contributed by atoms with Crippen LogP contribution in [0.1, 0.15) is 99.3 Å². The van der Waals surface area contributed by atoms with Crippen LogP contribution in [0, 0.1) is 11.8 Å². The van der Waals surface area contributed by atoms with Crippen molar-refractivity contribution in [3.63, 3.8) is 0 Å². The minimum Gasteiger partial charge on any atom is -0.416 e. The summed E-state index contributed by atoms with van der Waals surface area (Å²) < 4.78 is 6.68. The van der Waals surface area contributed by atoms with Crippen molar-refractivity contribution < 1.29 is 4.43 Å². The van der Waals surface area contributed by atoms with Gasteiger partial charge in [-0.15, -0.1) is 6.58 Å². The van der Waals surface area contributed by atoms with E-state index in [1.807, 2.05) is 0 Å². The third-order valence-corrected chi connectivity index (χ3v) is 12.9. The second kappa shape index (κ2) is 11.6. The van der Waals surface area contributed by atoms with Crippen LogP contribution < -0.4 is 0 Å². The Morgan fingerprint density at radius 1 is 0.880 bits per heavy atom. The van der Waals surface area contributed by atoms with Gasteiger partial charge in [0.05, 0.1) is 0 Å². The largest absolute Gasteiger partial charge is 0.416 e. The maximum absolute atomic E-state index is 6.68. The zero-order valence-electron chi connectivity index (χ0n) is 18.2. The van der Waals surface area contributed by atoms with E-state index in [2.05, 4.69) is 54.2 Å². The number of hydrogen-bond donors (Lipinski definition) is 0. The molecule has 0 saturated heterocycles. The summed E-state index contributed by atoms with van der Waals surface area (Å²) in [4.78, 5) is 0. The van der Waals surface area contributed by atoms with E-state index in [9.17, 15) is 0 Å². The van der Waals surface area contributed by atoms with Crippen molar-refractivity contribution in [3.8, 4) is 0 Å². The van der Waals surface area contributed by atoms with Gasteiger partial charge >= 0.3 is 0 Å². The van der Waals surface area contributed by atoms with E-state index in [1.54, 1.807) is 0 Å².